The van der Waals surface area contributed by atoms with Crippen LogP contribution in [0.5, 0.6) is 11.5 Å². The first-order valence-electron chi connectivity index (χ1n) is 5.81. The van der Waals surface area contributed by atoms with Crippen LogP contribution in [0.4, 0.5) is 0 Å². The Bertz CT molecular complexity index is 451. The summed E-state index contributed by atoms with van der Waals surface area (Å²) in [5.74, 6) is 0.354. The Kier molecular flexibility index (Phi) is 5.98. The average Bonchev–Trinajstić information content (AvgIpc) is 2.42. The van der Waals surface area contributed by atoms with Gasteiger partial charge in [0.05, 0.1) is 19.1 Å². The summed E-state index contributed by atoms with van der Waals surface area (Å²) in [6, 6.07) is 3.37. The lowest BCUT2D eigenvalue weighted by molar-refractivity contribution is -0.137. The number of rotatable bonds is 7. The molecule has 19 heavy (non-hydrogen) atoms. The van der Waals surface area contributed by atoms with Gasteiger partial charge < -0.3 is 20.3 Å². The highest BCUT2D eigenvalue weighted by molar-refractivity contribution is 7.98. The van der Waals surface area contributed by atoms with E-state index in [9.17, 15) is 4.79 Å². The van der Waals surface area contributed by atoms with Crippen LogP contribution in [0.1, 0.15) is 24.4 Å². The molecule has 0 radical (unpaired) electrons. The summed E-state index contributed by atoms with van der Waals surface area (Å²) >= 11 is 1.55. The normalized spacial score (nSPS) is 12.0. The Hall–Kier alpha value is -1.40. The van der Waals surface area contributed by atoms with E-state index in [1.165, 1.54) is 0 Å². The van der Waals surface area contributed by atoms with Gasteiger partial charge in [-0.1, -0.05) is 6.07 Å². The monoisotopic (exact) mass is 285 g/mol. The van der Waals surface area contributed by atoms with Gasteiger partial charge >= 0.3 is 5.97 Å². The molecule has 1 atom stereocenters. The second-order valence-electron chi connectivity index (χ2n) is 3.96. The van der Waals surface area contributed by atoms with Gasteiger partial charge in [-0.3, -0.25) is 4.79 Å². The lowest BCUT2D eigenvalue weighted by Crippen LogP contribution is -2.14. The number of hydrogen-bond acceptors (Lipinski definition) is 5. The third-order valence-corrected chi connectivity index (χ3v) is 3.56. The molecule has 0 heterocycles. The fraction of sp³-hybridized carbons (Fsp3) is 0.462. The third kappa shape index (κ3) is 3.78. The van der Waals surface area contributed by atoms with E-state index in [0.29, 0.717) is 17.9 Å². The Morgan fingerprint density at radius 2 is 2.00 bits per heavy atom. The lowest BCUT2D eigenvalue weighted by Gasteiger charge is -2.19. The molecule has 5 nitrogen and oxygen atoms in total. The second-order valence-corrected chi connectivity index (χ2v) is 4.81. The van der Waals surface area contributed by atoms with Crippen LogP contribution in [-0.2, 0) is 4.79 Å². The minimum atomic E-state index is -0.859. The number of aliphatic carboxylic acids is 1. The van der Waals surface area contributed by atoms with Crippen LogP contribution in [0.15, 0.2) is 17.0 Å². The van der Waals surface area contributed by atoms with Crippen LogP contribution in [0.25, 0.3) is 0 Å². The highest BCUT2D eigenvalue weighted by Crippen LogP contribution is 2.41. The predicted molar refractivity (Wildman–Crippen MR) is 75.1 cm³/mol. The molecule has 0 aliphatic heterocycles. The maximum Gasteiger partial charge on any atom is 0.303 e. The molecule has 6 heteroatoms. The molecule has 0 amide bonds. The van der Waals surface area contributed by atoms with Crippen LogP contribution in [0, 0.1) is 0 Å². The van der Waals surface area contributed by atoms with E-state index in [4.69, 9.17) is 20.3 Å². The zero-order valence-electron chi connectivity index (χ0n) is 11.3. The number of nitrogens with two attached hydrogens (primary N) is 1. The molecule has 0 aliphatic rings. The maximum atomic E-state index is 10.6. The predicted octanol–water partition coefficient (Wildman–Crippen LogP) is 2.29. The van der Waals surface area contributed by atoms with Crippen LogP contribution < -0.4 is 15.2 Å². The summed E-state index contributed by atoms with van der Waals surface area (Å²) in [6.45, 7) is 0. The zero-order valence-corrected chi connectivity index (χ0v) is 12.1. The van der Waals surface area contributed by atoms with E-state index in [0.717, 1.165) is 10.5 Å². The van der Waals surface area contributed by atoms with E-state index in [1.807, 2.05) is 18.4 Å². The Morgan fingerprint density at radius 1 is 1.37 bits per heavy atom. The van der Waals surface area contributed by atoms with Crippen molar-refractivity contribution in [2.75, 3.05) is 20.5 Å². The first-order chi connectivity index (χ1) is 9.04. The van der Waals surface area contributed by atoms with Crippen LogP contribution in [0.2, 0.25) is 0 Å². The number of hydrogen-bond donors (Lipinski definition) is 2. The number of carboxylic acids is 1. The molecule has 0 bridgehead atoms. The van der Waals surface area contributed by atoms with Crippen molar-refractivity contribution < 1.29 is 19.4 Å². The summed E-state index contributed by atoms with van der Waals surface area (Å²) in [4.78, 5) is 11.6. The fourth-order valence-corrected chi connectivity index (χ4v) is 2.42. The number of thioether (sulfide) groups is 1. The molecule has 106 valence electrons. The summed E-state index contributed by atoms with van der Waals surface area (Å²) in [5, 5.41) is 8.70. The highest BCUT2D eigenvalue weighted by atomic mass is 32.2. The number of benzene rings is 1. The molecule has 3 N–H and O–H groups in total. The second kappa shape index (κ2) is 7.25. The van der Waals surface area contributed by atoms with Crippen molar-refractivity contribution in [3.63, 3.8) is 0 Å². The fourth-order valence-electron chi connectivity index (χ4n) is 1.85. The van der Waals surface area contributed by atoms with Crippen molar-refractivity contribution in [2.24, 2.45) is 5.73 Å². The van der Waals surface area contributed by atoms with Crippen LogP contribution >= 0.6 is 11.8 Å². The van der Waals surface area contributed by atoms with Crippen molar-refractivity contribution in [3.8, 4) is 11.5 Å². The summed E-state index contributed by atoms with van der Waals surface area (Å²) in [5.41, 5.74) is 6.79. The van der Waals surface area contributed by atoms with Crippen molar-refractivity contribution in [2.45, 2.75) is 23.8 Å². The molecule has 0 spiro atoms. The van der Waals surface area contributed by atoms with Gasteiger partial charge in [-0.15, -0.1) is 11.8 Å². The Morgan fingerprint density at radius 3 is 2.47 bits per heavy atom. The van der Waals surface area contributed by atoms with E-state index >= 15 is 0 Å². The molecule has 1 aromatic rings. The molecule has 1 aromatic carbocycles. The topological polar surface area (TPSA) is 81.8 Å². The van der Waals surface area contributed by atoms with E-state index in [2.05, 4.69) is 0 Å². The number of carbonyl (C=O) groups is 1. The summed E-state index contributed by atoms with van der Waals surface area (Å²) in [6.07, 6.45) is 2.33. The van der Waals surface area contributed by atoms with Gasteiger partial charge in [0.25, 0.3) is 0 Å². The maximum absolute atomic E-state index is 10.6. The molecule has 1 unspecified atom stereocenters. The van der Waals surface area contributed by atoms with Gasteiger partial charge in [-0.25, -0.2) is 0 Å². The SMILES string of the molecule is COc1c(SC)ccc(C(N)CCC(=O)O)c1OC. The number of methoxy groups -OCH3 is 2. The largest absolute Gasteiger partial charge is 0.492 e. The molecule has 0 fully saturated rings. The first-order valence-corrected chi connectivity index (χ1v) is 7.03. The first kappa shape index (κ1) is 15.7. The van der Waals surface area contributed by atoms with Crippen molar-refractivity contribution in [1.82, 2.24) is 0 Å². The standard InChI is InChI=1S/C13H19NO4S/c1-17-12-8(9(14)5-7-11(15)16)4-6-10(19-3)13(12)18-2/h4,6,9H,5,7,14H2,1-3H3,(H,15,16). The van der Waals surface area contributed by atoms with Gasteiger partial charge in [0, 0.05) is 18.0 Å². The quantitative estimate of drug-likeness (QED) is 0.748. The molecule has 0 saturated carbocycles. The Labute approximate surface area is 117 Å². The van der Waals surface area contributed by atoms with Gasteiger partial charge in [-0.05, 0) is 18.7 Å². The van der Waals surface area contributed by atoms with Crippen molar-refractivity contribution in [1.29, 1.82) is 0 Å². The smallest absolute Gasteiger partial charge is 0.303 e. The van der Waals surface area contributed by atoms with Gasteiger partial charge in [0.15, 0.2) is 11.5 Å². The van der Waals surface area contributed by atoms with Crippen LogP contribution in [-0.4, -0.2) is 31.6 Å². The molecule has 0 aromatic heterocycles. The average molecular weight is 285 g/mol. The Balaban J connectivity index is 3.09. The van der Waals surface area contributed by atoms with Gasteiger partial charge in [0.1, 0.15) is 0 Å². The van der Waals surface area contributed by atoms with Gasteiger partial charge in [-0.2, -0.15) is 0 Å². The van der Waals surface area contributed by atoms with Gasteiger partial charge in [0.2, 0.25) is 0 Å². The van der Waals surface area contributed by atoms with E-state index in [-0.39, 0.29) is 6.42 Å². The van der Waals surface area contributed by atoms with E-state index < -0.39 is 12.0 Å². The third-order valence-electron chi connectivity index (χ3n) is 2.80. The molecule has 0 saturated heterocycles. The van der Waals surface area contributed by atoms with Crippen molar-refractivity contribution >= 4 is 17.7 Å². The van der Waals surface area contributed by atoms with E-state index in [1.54, 1.807) is 26.0 Å². The molecule has 0 aliphatic carbocycles. The number of carboxylic acid groups (broad SMARTS) is 1. The zero-order chi connectivity index (χ0) is 14.4. The summed E-state index contributed by atoms with van der Waals surface area (Å²) in [7, 11) is 3.12. The molecule has 1 rings (SSSR count). The highest BCUT2D eigenvalue weighted by Gasteiger charge is 2.19. The number of ether oxygens (including phenoxy) is 2. The van der Waals surface area contributed by atoms with Crippen LogP contribution in [0.3, 0.4) is 0 Å². The summed E-state index contributed by atoms with van der Waals surface area (Å²) < 4.78 is 10.7. The lowest BCUT2D eigenvalue weighted by atomic mass is 10.0. The van der Waals surface area contributed by atoms with Crippen molar-refractivity contribution in [3.05, 3.63) is 17.7 Å². The minimum Gasteiger partial charge on any atom is -0.492 e. The minimum absolute atomic E-state index is 0.0247. The molecular formula is C13H19NO4S. The molecular weight excluding hydrogens is 266 g/mol.